The van der Waals surface area contributed by atoms with Crippen LogP contribution < -0.4 is 11.1 Å². The van der Waals surface area contributed by atoms with Gasteiger partial charge in [0, 0.05) is 58.7 Å². The van der Waals surface area contributed by atoms with E-state index < -0.39 is 12.1 Å². The van der Waals surface area contributed by atoms with Crippen molar-refractivity contribution >= 4 is 35.4 Å². The molecule has 2 fully saturated rings. The second-order valence-electron chi connectivity index (χ2n) is 12.8. The van der Waals surface area contributed by atoms with Gasteiger partial charge in [-0.3, -0.25) is 15.0 Å². The van der Waals surface area contributed by atoms with Crippen molar-refractivity contribution in [2.45, 2.75) is 43.3 Å². The molecule has 0 spiro atoms. The van der Waals surface area contributed by atoms with E-state index in [1.54, 1.807) is 66.9 Å². The number of carbonyl (C=O) groups is 2. The van der Waals surface area contributed by atoms with Crippen LogP contribution in [-0.4, -0.2) is 88.8 Å². The summed E-state index contributed by atoms with van der Waals surface area (Å²) in [6, 6.07) is 18.2. The maximum atomic E-state index is 14.5. The molecule has 5 aromatic rings. The van der Waals surface area contributed by atoms with Gasteiger partial charge in [-0.1, -0.05) is 35.9 Å². The molecular weight excluding hydrogens is 675 g/mol. The molecule has 0 radical (unpaired) electrons. The number of likely N-dealkylation sites (tertiary alicyclic amines) is 2. The Morgan fingerprint density at radius 3 is 2.53 bits per heavy atom. The van der Waals surface area contributed by atoms with Crippen LogP contribution in [0.25, 0.3) is 23.0 Å². The highest BCUT2D eigenvalue weighted by molar-refractivity contribution is 6.30. The number of rotatable bonds is 8. The zero-order chi connectivity index (χ0) is 35.5. The third-order valence-electron chi connectivity index (χ3n) is 9.62. The number of H-pyrrole nitrogens is 1. The molecule has 5 N–H and O–H groups in total. The van der Waals surface area contributed by atoms with Crippen LogP contribution in [0.2, 0.25) is 5.02 Å². The largest absolute Gasteiger partial charge is 0.465 e. The van der Waals surface area contributed by atoms with Gasteiger partial charge in [0.15, 0.2) is 0 Å². The summed E-state index contributed by atoms with van der Waals surface area (Å²) in [7, 11) is 0. The monoisotopic (exact) mass is 710 g/mol. The van der Waals surface area contributed by atoms with Crippen LogP contribution in [0.3, 0.4) is 0 Å². The topological polar surface area (TPSA) is 171 Å². The van der Waals surface area contributed by atoms with E-state index in [1.165, 1.54) is 29.2 Å². The highest BCUT2D eigenvalue weighted by atomic mass is 35.5. The summed E-state index contributed by atoms with van der Waals surface area (Å²) in [5, 5.41) is 23.4. The highest BCUT2D eigenvalue weighted by Crippen LogP contribution is 2.44. The third kappa shape index (κ3) is 7.67. The van der Waals surface area contributed by atoms with Crippen molar-refractivity contribution in [3.63, 3.8) is 0 Å². The van der Waals surface area contributed by atoms with Crippen molar-refractivity contribution in [1.82, 2.24) is 40.0 Å². The Balaban J connectivity index is 1.27. The first-order chi connectivity index (χ1) is 24.7. The molecule has 3 unspecified atom stereocenters. The van der Waals surface area contributed by atoms with E-state index in [-0.39, 0.29) is 29.7 Å². The van der Waals surface area contributed by atoms with E-state index >= 15 is 0 Å². The number of nitrogens with one attached hydrogen (secondary N) is 2. The van der Waals surface area contributed by atoms with Gasteiger partial charge in [0.25, 0.3) is 0 Å². The number of imidazole rings is 1. The Kier molecular flexibility index (Phi) is 9.88. The van der Waals surface area contributed by atoms with Crippen molar-refractivity contribution in [3.05, 3.63) is 113 Å². The average Bonchev–Trinajstić information content (AvgIpc) is 3.85. The van der Waals surface area contributed by atoms with Gasteiger partial charge in [0.1, 0.15) is 18.0 Å². The number of aromatic nitrogens is 6. The molecule has 13 nitrogen and oxygen atoms in total. The molecule has 3 aromatic carbocycles. The Labute approximate surface area is 297 Å². The van der Waals surface area contributed by atoms with Crippen LogP contribution in [0.1, 0.15) is 48.2 Å². The van der Waals surface area contributed by atoms with Crippen LogP contribution in [0.4, 0.5) is 14.9 Å². The molecule has 2 aliphatic heterocycles. The zero-order valence-electron chi connectivity index (χ0n) is 27.4. The number of benzene rings is 3. The van der Waals surface area contributed by atoms with E-state index in [0.717, 1.165) is 37.1 Å². The number of amides is 2. The number of nitrogens with zero attached hydrogens (tertiary/aromatic N) is 7. The lowest BCUT2D eigenvalue weighted by atomic mass is 9.80. The maximum Gasteiger partial charge on any atom is 0.409 e. The van der Waals surface area contributed by atoms with Crippen molar-refractivity contribution in [2.24, 2.45) is 5.73 Å². The van der Waals surface area contributed by atoms with Crippen LogP contribution in [0.15, 0.2) is 85.3 Å². The van der Waals surface area contributed by atoms with Crippen molar-refractivity contribution < 1.29 is 19.1 Å². The summed E-state index contributed by atoms with van der Waals surface area (Å²) >= 11 is 6.37. The predicted octanol–water partition coefficient (Wildman–Crippen LogP) is 5.50. The minimum atomic E-state index is -1.15. The van der Waals surface area contributed by atoms with Gasteiger partial charge in [0.2, 0.25) is 5.91 Å². The third-order valence-corrected chi connectivity index (χ3v) is 9.86. The Hall–Kier alpha value is -5.44. The smallest absolute Gasteiger partial charge is 0.409 e. The van der Waals surface area contributed by atoms with Gasteiger partial charge in [0.05, 0.1) is 17.4 Å². The molecule has 0 saturated carbocycles. The van der Waals surface area contributed by atoms with Gasteiger partial charge in [-0.05, 0) is 96.9 Å². The number of hydrogen-bond donors (Lipinski definition) is 4. The van der Waals surface area contributed by atoms with Crippen molar-refractivity contribution in [3.8, 4) is 16.9 Å². The van der Waals surface area contributed by atoms with Crippen LogP contribution in [0.5, 0.6) is 0 Å². The van der Waals surface area contributed by atoms with Gasteiger partial charge in [-0.2, -0.15) is 4.68 Å². The van der Waals surface area contributed by atoms with Gasteiger partial charge in [-0.15, -0.1) is 5.10 Å². The summed E-state index contributed by atoms with van der Waals surface area (Å²) in [6.45, 7) is 2.07. The second-order valence-corrected chi connectivity index (χ2v) is 13.3. The average molecular weight is 711 g/mol. The molecule has 2 aliphatic rings. The summed E-state index contributed by atoms with van der Waals surface area (Å²) in [5.41, 5.74) is 10.3. The number of carbonyl (C=O) groups excluding carboxylic acids is 1. The number of nitrogens with two attached hydrogens (primary N) is 1. The molecule has 51 heavy (non-hydrogen) atoms. The lowest BCUT2D eigenvalue weighted by Crippen LogP contribution is -2.55. The van der Waals surface area contributed by atoms with Crippen LogP contribution >= 0.6 is 11.6 Å². The standard InChI is InChI=1S/C36H36ClFN10O3/c37-25-6-11-32(48-21-41-44-45-48)24(17-25)5-12-33(49)47-20-29(46-15-13-27(39)14-16-46)18-30(22-1-7-26(38)8-2-22)34(47)35-40-19-31(43-35)23-3-9-28(10-4-23)42-36(50)51/h1-12,17,19,21,27,29-30,34,42H,13-16,18,20,39H2,(H,40,43)(H,50,51)/b12-5+. The van der Waals surface area contributed by atoms with Gasteiger partial charge in [-0.25, -0.2) is 14.2 Å². The molecule has 0 aliphatic carbocycles. The van der Waals surface area contributed by atoms with Gasteiger partial charge < -0.3 is 20.7 Å². The fourth-order valence-corrected chi connectivity index (χ4v) is 7.26. The van der Waals surface area contributed by atoms with Crippen LogP contribution in [0, 0.1) is 5.82 Å². The number of tetrazole rings is 1. The normalized spacial score (nSPS) is 20.1. The molecular formula is C36H36ClFN10O3. The first-order valence-electron chi connectivity index (χ1n) is 16.6. The van der Waals surface area contributed by atoms with E-state index in [0.29, 0.717) is 46.4 Å². The Morgan fingerprint density at radius 1 is 1.06 bits per heavy atom. The maximum absolute atomic E-state index is 14.5. The van der Waals surface area contributed by atoms with Crippen molar-refractivity contribution in [1.29, 1.82) is 0 Å². The number of hydrogen-bond acceptors (Lipinski definition) is 8. The van der Waals surface area contributed by atoms with E-state index in [4.69, 9.17) is 27.4 Å². The summed E-state index contributed by atoms with van der Waals surface area (Å²) in [6.07, 6.45) is 7.77. The molecule has 15 heteroatoms. The molecule has 7 rings (SSSR count). The predicted molar refractivity (Wildman–Crippen MR) is 190 cm³/mol. The SMILES string of the molecule is NC1CCN(C2CC(c3ccc(F)cc3)C(c3nc(-c4ccc(NC(=O)O)cc4)c[nH]3)N(C(=O)/C=C/c3cc(Cl)ccc3-n3cnnn3)C2)CC1. The molecule has 2 saturated heterocycles. The minimum Gasteiger partial charge on any atom is -0.465 e. The molecule has 3 atom stereocenters. The van der Waals surface area contributed by atoms with E-state index in [1.807, 2.05) is 4.90 Å². The molecule has 4 heterocycles. The van der Waals surface area contributed by atoms with E-state index in [2.05, 4.69) is 30.7 Å². The summed E-state index contributed by atoms with van der Waals surface area (Å²) in [4.78, 5) is 38.2. The number of aromatic amines is 1. The van der Waals surface area contributed by atoms with Gasteiger partial charge >= 0.3 is 6.09 Å². The van der Waals surface area contributed by atoms with E-state index in [9.17, 15) is 14.0 Å². The fourth-order valence-electron chi connectivity index (χ4n) is 7.08. The zero-order valence-corrected chi connectivity index (χ0v) is 28.2. The minimum absolute atomic E-state index is 0.0211. The Morgan fingerprint density at radius 2 is 1.82 bits per heavy atom. The lowest BCUT2D eigenvalue weighted by molar-refractivity contribution is -0.132. The first kappa shape index (κ1) is 34.0. The van der Waals surface area contributed by atoms with Crippen molar-refractivity contribution in [2.75, 3.05) is 25.0 Å². The quantitative estimate of drug-likeness (QED) is 0.152. The molecule has 2 amide bonds. The second kappa shape index (κ2) is 14.8. The number of halogens is 2. The lowest BCUT2D eigenvalue weighted by Gasteiger charge is -2.48. The number of anilines is 1. The summed E-state index contributed by atoms with van der Waals surface area (Å²) in [5.74, 6) is -0.244. The highest BCUT2D eigenvalue weighted by Gasteiger charge is 2.43. The number of carboxylic acid groups (broad SMARTS) is 1. The fraction of sp³-hybridized carbons (Fsp3) is 0.278. The number of piperidine rings is 2. The van der Waals surface area contributed by atoms with Crippen LogP contribution in [-0.2, 0) is 4.79 Å². The molecule has 2 aromatic heterocycles. The summed E-state index contributed by atoms with van der Waals surface area (Å²) < 4.78 is 15.7. The molecule has 0 bridgehead atoms. The molecule has 262 valence electrons. The first-order valence-corrected chi connectivity index (χ1v) is 17.0. The Bertz CT molecular complexity index is 2010.